The average molecular weight is 451 g/mol. The maximum Gasteiger partial charge on any atom is 0.179 e. The van der Waals surface area contributed by atoms with Crippen LogP contribution in [0.3, 0.4) is 0 Å². The fourth-order valence-electron chi connectivity index (χ4n) is 3.62. The summed E-state index contributed by atoms with van der Waals surface area (Å²) in [6, 6.07) is 16.1. The van der Waals surface area contributed by atoms with Crippen molar-refractivity contribution < 1.29 is 21.6 Å². The molecule has 0 aromatic heterocycles. The highest BCUT2D eigenvalue weighted by molar-refractivity contribution is 7.91. The Bertz CT molecular complexity index is 930. The smallest absolute Gasteiger partial charge is 0.179 e. The first-order valence-electron chi connectivity index (χ1n) is 10.3. The van der Waals surface area contributed by atoms with Crippen LogP contribution in [0.25, 0.3) is 0 Å². The van der Waals surface area contributed by atoms with Crippen LogP contribution < -0.4 is 0 Å². The van der Waals surface area contributed by atoms with Crippen LogP contribution in [0.15, 0.2) is 70.5 Å². The minimum atomic E-state index is -3.64. The number of rotatable bonds is 12. The number of benzene rings is 2. The average Bonchev–Trinajstić information content (AvgIpc) is 2.73. The maximum atomic E-state index is 13.3. The van der Waals surface area contributed by atoms with Gasteiger partial charge in [-0.15, -0.1) is 0 Å². The summed E-state index contributed by atoms with van der Waals surface area (Å²) in [5, 5.41) is 0. The molecule has 0 aliphatic rings. The van der Waals surface area contributed by atoms with Crippen LogP contribution in [0.5, 0.6) is 0 Å². The van der Waals surface area contributed by atoms with Crippen molar-refractivity contribution in [3.63, 3.8) is 0 Å². The third-order valence-corrected chi connectivity index (χ3v) is 8.79. The first kappa shape index (κ1) is 24.3. The van der Waals surface area contributed by atoms with Gasteiger partial charge < -0.3 is 0 Å². The van der Waals surface area contributed by atoms with Gasteiger partial charge in [0.05, 0.1) is 21.3 Å². The Morgan fingerprint density at radius 1 is 0.667 bits per heavy atom. The van der Waals surface area contributed by atoms with Gasteiger partial charge in [0.1, 0.15) is 5.78 Å². The lowest BCUT2D eigenvalue weighted by atomic mass is 9.89. The fourth-order valence-corrected chi connectivity index (χ4v) is 6.87. The summed E-state index contributed by atoms with van der Waals surface area (Å²) in [5.74, 6) is -2.30. The molecule has 0 saturated heterocycles. The molecular weight excluding hydrogens is 420 g/mol. The molecule has 2 unspecified atom stereocenters. The molecule has 2 rings (SSSR count). The lowest BCUT2D eigenvalue weighted by Gasteiger charge is -2.22. The van der Waals surface area contributed by atoms with Crippen molar-refractivity contribution in [1.29, 1.82) is 0 Å². The number of sulfone groups is 2. The summed E-state index contributed by atoms with van der Waals surface area (Å²) in [6.07, 6.45) is 2.11. The monoisotopic (exact) mass is 450 g/mol. The van der Waals surface area contributed by atoms with Crippen molar-refractivity contribution in [2.24, 2.45) is 11.8 Å². The second-order valence-corrected chi connectivity index (χ2v) is 11.6. The number of ketones is 1. The molecular formula is C23H30O5S2. The number of hydrogen-bond acceptors (Lipinski definition) is 5. The topological polar surface area (TPSA) is 85.3 Å². The summed E-state index contributed by atoms with van der Waals surface area (Å²) in [6.45, 7) is 3.79. The van der Waals surface area contributed by atoms with E-state index in [9.17, 15) is 21.6 Å². The quantitative estimate of drug-likeness (QED) is 0.480. The van der Waals surface area contributed by atoms with E-state index in [2.05, 4.69) is 0 Å². The van der Waals surface area contributed by atoms with Gasteiger partial charge >= 0.3 is 0 Å². The van der Waals surface area contributed by atoms with Crippen molar-refractivity contribution in [2.45, 2.75) is 49.3 Å². The molecule has 0 aliphatic heterocycles. The Labute approximate surface area is 180 Å². The molecule has 0 amide bonds. The van der Waals surface area contributed by atoms with Crippen LogP contribution in [0.4, 0.5) is 0 Å². The van der Waals surface area contributed by atoms with E-state index in [1.807, 2.05) is 13.8 Å². The highest BCUT2D eigenvalue weighted by Crippen LogP contribution is 2.25. The summed E-state index contributed by atoms with van der Waals surface area (Å²) in [5.41, 5.74) is 0. The normalized spacial score (nSPS) is 14.2. The fraction of sp³-hybridized carbons (Fsp3) is 0.435. The van der Waals surface area contributed by atoms with E-state index < -0.39 is 31.5 Å². The second-order valence-electron chi connectivity index (χ2n) is 7.56. The Morgan fingerprint density at radius 3 is 1.30 bits per heavy atom. The third-order valence-electron chi connectivity index (χ3n) is 5.12. The molecule has 2 atom stereocenters. The van der Waals surface area contributed by atoms with Crippen LogP contribution in [0.1, 0.15) is 39.5 Å². The van der Waals surface area contributed by atoms with Gasteiger partial charge in [0.25, 0.3) is 0 Å². The van der Waals surface area contributed by atoms with Gasteiger partial charge in [-0.25, -0.2) is 16.8 Å². The molecule has 2 aromatic carbocycles. The zero-order valence-corrected chi connectivity index (χ0v) is 19.2. The van der Waals surface area contributed by atoms with Crippen LogP contribution in [-0.4, -0.2) is 34.1 Å². The number of Topliss-reactive ketones (excluding diaryl/α,β-unsaturated/α-hetero) is 1. The first-order valence-corrected chi connectivity index (χ1v) is 13.6. The minimum Gasteiger partial charge on any atom is -0.299 e. The van der Waals surface area contributed by atoms with Gasteiger partial charge in [0.15, 0.2) is 19.7 Å². The van der Waals surface area contributed by atoms with Crippen LogP contribution in [0.2, 0.25) is 0 Å². The molecule has 30 heavy (non-hydrogen) atoms. The van der Waals surface area contributed by atoms with Crippen molar-refractivity contribution >= 4 is 25.5 Å². The summed E-state index contributed by atoms with van der Waals surface area (Å²) in [4.78, 5) is 13.7. The molecule has 0 heterocycles. The maximum absolute atomic E-state index is 13.3. The van der Waals surface area contributed by atoms with Crippen molar-refractivity contribution in [3.8, 4) is 0 Å². The molecule has 2 aromatic rings. The van der Waals surface area contributed by atoms with Crippen molar-refractivity contribution in [3.05, 3.63) is 60.7 Å². The van der Waals surface area contributed by atoms with Gasteiger partial charge in [0, 0.05) is 11.8 Å². The molecule has 0 aliphatic carbocycles. The molecule has 7 heteroatoms. The molecule has 0 radical (unpaired) electrons. The van der Waals surface area contributed by atoms with Gasteiger partial charge in [-0.2, -0.15) is 0 Å². The van der Waals surface area contributed by atoms with Gasteiger partial charge in [0.2, 0.25) is 0 Å². The Hall–Kier alpha value is -1.99. The second kappa shape index (κ2) is 10.9. The molecule has 0 spiro atoms. The van der Waals surface area contributed by atoms with E-state index in [0.717, 1.165) is 0 Å². The summed E-state index contributed by atoms with van der Waals surface area (Å²) >= 11 is 0. The zero-order chi connectivity index (χ0) is 22.2. The van der Waals surface area contributed by atoms with Crippen LogP contribution in [0, 0.1) is 11.8 Å². The van der Waals surface area contributed by atoms with E-state index >= 15 is 0 Å². The minimum absolute atomic E-state index is 0.183. The van der Waals surface area contributed by atoms with Crippen LogP contribution >= 0.6 is 0 Å². The van der Waals surface area contributed by atoms with Crippen molar-refractivity contribution in [1.82, 2.24) is 0 Å². The lowest BCUT2D eigenvalue weighted by molar-refractivity contribution is -0.126. The van der Waals surface area contributed by atoms with Gasteiger partial charge in [-0.3, -0.25) is 4.79 Å². The molecule has 0 fully saturated rings. The molecule has 5 nitrogen and oxygen atoms in total. The SMILES string of the molecule is CCCC(CS(=O)(=O)c1ccccc1)C(=O)C(CCC)CS(=O)(=O)c1ccccc1. The Kier molecular flexibility index (Phi) is 8.79. The Morgan fingerprint density at radius 2 is 1.00 bits per heavy atom. The summed E-state index contributed by atoms with van der Waals surface area (Å²) in [7, 11) is -7.28. The van der Waals surface area contributed by atoms with Gasteiger partial charge in [-0.1, -0.05) is 63.1 Å². The molecule has 0 bridgehead atoms. The molecule has 164 valence electrons. The molecule has 0 N–H and O–H groups in total. The molecule has 0 saturated carbocycles. The third kappa shape index (κ3) is 6.51. The largest absolute Gasteiger partial charge is 0.299 e. The first-order chi connectivity index (χ1) is 14.2. The van der Waals surface area contributed by atoms with E-state index in [4.69, 9.17) is 0 Å². The van der Waals surface area contributed by atoms with Crippen molar-refractivity contribution in [2.75, 3.05) is 11.5 Å². The number of carbonyl (C=O) groups is 1. The van der Waals surface area contributed by atoms with E-state index in [-0.39, 0.29) is 27.1 Å². The highest BCUT2D eigenvalue weighted by Gasteiger charge is 2.33. The number of hydrogen-bond donors (Lipinski definition) is 0. The van der Waals surface area contributed by atoms with Gasteiger partial charge in [-0.05, 0) is 37.1 Å². The predicted octanol–water partition coefficient (Wildman–Crippen LogP) is 4.34. The lowest BCUT2D eigenvalue weighted by Crippen LogP contribution is -2.33. The number of carbonyl (C=O) groups excluding carboxylic acids is 1. The zero-order valence-electron chi connectivity index (χ0n) is 17.5. The highest BCUT2D eigenvalue weighted by atomic mass is 32.2. The Balaban J connectivity index is 2.27. The predicted molar refractivity (Wildman–Crippen MR) is 119 cm³/mol. The van der Waals surface area contributed by atoms with E-state index in [1.54, 1.807) is 36.4 Å². The van der Waals surface area contributed by atoms with E-state index in [1.165, 1.54) is 24.3 Å². The van der Waals surface area contributed by atoms with Crippen LogP contribution in [-0.2, 0) is 24.5 Å². The van der Waals surface area contributed by atoms with E-state index in [0.29, 0.717) is 25.7 Å². The standard InChI is InChI=1S/C23H30O5S2/c1-3-11-19(17-29(25,26)21-13-7-5-8-14-21)23(24)20(12-4-2)18-30(27,28)22-15-9-6-10-16-22/h5-10,13-16,19-20H,3-4,11-12,17-18H2,1-2H3. The summed E-state index contributed by atoms with van der Waals surface area (Å²) < 4.78 is 51.4.